The molecule has 24 heavy (non-hydrogen) atoms. The molecule has 0 aliphatic carbocycles. The van der Waals surface area contributed by atoms with E-state index in [0.717, 1.165) is 30.8 Å². The predicted molar refractivity (Wildman–Crippen MR) is 95.9 cm³/mol. The average Bonchev–Trinajstić information content (AvgIpc) is 3.05. The number of rotatable bonds is 4. The van der Waals surface area contributed by atoms with Crippen LogP contribution in [0.3, 0.4) is 0 Å². The fourth-order valence-electron chi connectivity index (χ4n) is 3.00. The summed E-state index contributed by atoms with van der Waals surface area (Å²) >= 11 is 0. The second-order valence-electron chi connectivity index (χ2n) is 6.27. The van der Waals surface area contributed by atoms with Gasteiger partial charge in [-0.15, -0.1) is 12.4 Å². The number of nitrogens with two attached hydrogens (primary N) is 1. The molecular weight excluding hydrogens is 326 g/mol. The summed E-state index contributed by atoms with van der Waals surface area (Å²) in [5, 5.41) is 7.37. The zero-order valence-electron chi connectivity index (χ0n) is 13.8. The highest BCUT2D eigenvalue weighted by atomic mass is 35.5. The molecule has 6 nitrogen and oxygen atoms in total. The number of nitrogens with one attached hydrogen (secondary N) is 1. The monoisotopic (exact) mass is 349 g/mol. The number of carbonyl (C=O) groups is 1. The second kappa shape index (κ2) is 8.26. The van der Waals surface area contributed by atoms with Crippen molar-refractivity contribution in [1.82, 2.24) is 20.1 Å². The summed E-state index contributed by atoms with van der Waals surface area (Å²) in [5.74, 6) is 1.92. The van der Waals surface area contributed by atoms with Crippen LogP contribution in [0, 0.1) is 0 Å². The van der Waals surface area contributed by atoms with Gasteiger partial charge in [0.1, 0.15) is 5.82 Å². The average molecular weight is 350 g/mol. The molecule has 1 aromatic heterocycles. The molecule has 1 amide bonds. The number of carbonyl (C=O) groups excluding carboxylic acids is 1. The standard InChI is InChI=1S/C17H23N5O.ClH/c1-12(18)10-15(23)22-9-5-8-14(11-22)17-19-16(20-21-17)13-6-3-2-4-7-13;/h2-4,6-7,12,14H,5,8-11,18H2,1H3,(H,19,20,21);1H. The van der Waals surface area contributed by atoms with Gasteiger partial charge in [-0.05, 0) is 19.8 Å². The van der Waals surface area contributed by atoms with E-state index in [9.17, 15) is 4.79 Å². The third-order valence-electron chi connectivity index (χ3n) is 4.19. The first kappa shape index (κ1) is 18.4. The Morgan fingerprint density at radius 3 is 2.88 bits per heavy atom. The molecule has 0 saturated carbocycles. The van der Waals surface area contributed by atoms with Crippen LogP contribution in [-0.2, 0) is 4.79 Å². The van der Waals surface area contributed by atoms with Crippen molar-refractivity contribution in [1.29, 1.82) is 0 Å². The normalized spacial score (nSPS) is 18.8. The summed E-state index contributed by atoms with van der Waals surface area (Å²) < 4.78 is 0. The van der Waals surface area contributed by atoms with Crippen molar-refractivity contribution in [3.63, 3.8) is 0 Å². The number of nitrogens with zero attached hydrogens (tertiary/aromatic N) is 3. The molecule has 1 saturated heterocycles. The maximum atomic E-state index is 12.2. The van der Waals surface area contributed by atoms with Crippen LogP contribution in [0.4, 0.5) is 0 Å². The van der Waals surface area contributed by atoms with E-state index in [0.29, 0.717) is 18.8 Å². The fraction of sp³-hybridized carbons (Fsp3) is 0.471. The molecular formula is C17H24ClN5O. The van der Waals surface area contributed by atoms with E-state index in [4.69, 9.17) is 5.73 Å². The number of hydrogen-bond acceptors (Lipinski definition) is 4. The smallest absolute Gasteiger partial charge is 0.224 e. The van der Waals surface area contributed by atoms with Crippen LogP contribution in [0.5, 0.6) is 0 Å². The maximum absolute atomic E-state index is 12.2. The number of likely N-dealkylation sites (tertiary alicyclic amines) is 1. The van der Waals surface area contributed by atoms with Gasteiger partial charge in [-0.25, -0.2) is 4.98 Å². The Labute approximate surface area is 148 Å². The summed E-state index contributed by atoms with van der Waals surface area (Å²) in [6.07, 6.45) is 2.40. The molecule has 0 bridgehead atoms. The van der Waals surface area contributed by atoms with Gasteiger partial charge in [-0.3, -0.25) is 9.89 Å². The Kier molecular flexibility index (Phi) is 6.34. The third-order valence-corrected chi connectivity index (χ3v) is 4.19. The Bertz CT molecular complexity index is 658. The fourth-order valence-corrected chi connectivity index (χ4v) is 3.00. The van der Waals surface area contributed by atoms with Gasteiger partial charge in [0.05, 0.1) is 0 Å². The van der Waals surface area contributed by atoms with Gasteiger partial charge in [0.25, 0.3) is 0 Å². The van der Waals surface area contributed by atoms with Gasteiger partial charge < -0.3 is 10.6 Å². The topological polar surface area (TPSA) is 87.9 Å². The molecule has 1 aliphatic heterocycles. The minimum Gasteiger partial charge on any atom is -0.342 e. The van der Waals surface area contributed by atoms with Crippen LogP contribution >= 0.6 is 12.4 Å². The van der Waals surface area contributed by atoms with Crippen LogP contribution in [0.15, 0.2) is 30.3 Å². The second-order valence-corrected chi connectivity index (χ2v) is 6.27. The van der Waals surface area contributed by atoms with Crippen molar-refractivity contribution < 1.29 is 4.79 Å². The number of piperidine rings is 1. The predicted octanol–water partition coefficient (Wildman–Crippen LogP) is 2.34. The molecule has 3 rings (SSSR count). The highest BCUT2D eigenvalue weighted by Crippen LogP contribution is 2.26. The van der Waals surface area contributed by atoms with E-state index in [1.54, 1.807) is 0 Å². The summed E-state index contributed by atoms with van der Waals surface area (Å²) in [4.78, 5) is 18.7. The van der Waals surface area contributed by atoms with Crippen LogP contribution in [0.25, 0.3) is 11.4 Å². The van der Waals surface area contributed by atoms with Crippen LogP contribution in [0.1, 0.15) is 37.9 Å². The molecule has 1 aromatic carbocycles. The number of H-pyrrole nitrogens is 1. The lowest BCUT2D eigenvalue weighted by Crippen LogP contribution is -2.41. The zero-order chi connectivity index (χ0) is 16.2. The first-order valence-corrected chi connectivity index (χ1v) is 8.14. The first-order valence-electron chi connectivity index (χ1n) is 8.14. The highest BCUT2D eigenvalue weighted by Gasteiger charge is 2.27. The summed E-state index contributed by atoms with van der Waals surface area (Å²) in [6, 6.07) is 9.80. The van der Waals surface area contributed by atoms with Crippen molar-refractivity contribution in [3.8, 4) is 11.4 Å². The van der Waals surface area contributed by atoms with E-state index in [2.05, 4.69) is 15.2 Å². The van der Waals surface area contributed by atoms with Crippen molar-refractivity contribution in [3.05, 3.63) is 36.2 Å². The number of hydrogen-bond donors (Lipinski definition) is 2. The molecule has 1 fully saturated rings. The minimum atomic E-state index is -0.0992. The van der Waals surface area contributed by atoms with Gasteiger partial charge in [-0.2, -0.15) is 5.10 Å². The number of halogens is 1. The molecule has 2 aromatic rings. The lowest BCUT2D eigenvalue weighted by molar-refractivity contribution is -0.132. The molecule has 0 radical (unpaired) electrons. The Balaban J connectivity index is 0.00000208. The van der Waals surface area contributed by atoms with E-state index in [-0.39, 0.29) is 30.3 Å². The number of benzene rings is 1. The van der Waals surface area contributed by atoms with Crippen molar-refractivity contribution in [2.75, 3.05) is 13.1 Å². The SMILES string of the molecule is CC(N)CC(=O)N1CCCC(c2nc(-c3ccccc3)n[nH]2)C1.Cl. The van der Waals surface area contributed by atoms with Gasteiger partial charge in [0.15, 0.2) is 5.82 Å². The van der Waals surface area contributed by atoms with Gasteiger partial charge >= 0.3 is 0 Å². The summed E-state index contributed by atoms with van der Waals surface area (Å²) in [7, 11) is 0. The number of amides is 1. The Morgan fingerprint density at radius 2 is 2.17 bits per heavy atom. The van der Waals surface area contributed by atoms with Crippen LogP contribution < -0.4 is 5.73 Å². The zero-order valence-corrected chi connectivity index (χ0v) is 14.6. The highest BCUT2D eigenvalue weighted by molar-refractivity contribution is 5.85. The molecule has 7 heteroatoms. The van der Waals surface area contributed by atoms with Gasteiger partial charge in [-0.1, -0.05) is 30.3 Å². The molecule has 2 heterocycles. The van der Waals surface area contributed by atoms with E-state index in [1.165, 1.54) is 0 Å². The van der Waals surface area contributed by atoms with Crippen molar-refractivity contribution >= 4 is 18.3 Å². The largest absolute Gasteiger partial charge is 0.342 e. The lowest BCUT2D eigenvalue weighted by atomic mass is 9.97. The van der Waals surface area contributed by atoms with Crippen molar-refractivity contribution in [2.45, 2.75) is 38.1 Å². The molecule has 0 spiro atoms. The van der Waals surface area contributed by atoms with Crippen molar-refractivity contribution in [2.24, 2.45) is 5.73 Å². The summed E-state index contributed by atoms with van der Waals surface area (Å²) in [6.45, 7) is 3.36. The third kappa shape index (κ3) is 4.33. The molecule has 130 valence electrons. The maximum Gasteiger partial charge on any atom is 0.224 e. The summed E-state index contributed by atoms with van der Waals surface area (Å²) in [5.41, 5.74) is 6.73. The van der Waals surface area contributed by atoms with Gasteiger partial charge in [0, 0.05) is 37.0 Å². The first-order chi connectivity index (χ1) is 11.1. The Morgan fingerprint density at radius 1 is 1.42 bits per heavy atom. The minimum absolute atomic E-state index is 0. The number of aromatic nitrogens is 3. The van der Waals surface area contributed by atoms with Crippen LogP contribution in [-0.4, -0.2) is 45.1 Å². The lowest BCUT2D eigenvalue weighted by Gasteiger charge is -2.32. The van der Waals surface area contributed by atoms with Crippen LogP contribution in [0.2, 0.25) is 0 Å². The van der Waals surface area contributed by atoms with E-state index < -0.39 is 0 Å². The van der Waals surface area contributed by atoms with E-state index in [1.807, 2.05) is 42.2 Å². The Hall–Kier alpha value is -1.92. The molecule has 1 aliphatic rings. The van der Waals surface area contributed by atoms with Gasteiger partial charge in [0.2, 0.25) is 5.91 Å². The number of aromatic amines is 1. The molecule has 2 atom stereocenters. The van der Waals surface area contributed by atoms with E-state index >= 15 is 0 Å². The quantitative estimate of drug-likeness (QED) is 0.886. The molecule has 3 N–H and O–H groups in total. The molecule has 2 unspecified atom stereocenters.